The van der Waals surface area contributed by atoms with Gasteiger partial charge in [-0.1, -0.05) is 32.8 Å². The Balaban J connectivity index is 1.87. The Morgan fingerprint density at radius 1 is 1.27 bits per heavy atom. The second kappa shape index (κ2) is 8.16. The molecule has 4 atom stereocenters. The maximum absolute atomic E-state index is 13.7. The summed E-state index contributed by atoms with van der Waals surface area (Å²) in [7, 11) is 1.37. The fraction of sp³-hybridized carbons (Fsp3) is 0.640. The van der Waals surface area contributed by atoms with Gasteiger partial charge in [-0.2, -0.15) is 0 Å². The Bertz CT molecular complexity index is 861. The molecule has 1 aliphatic heterocycles. The number of ketones is 1. The fourth-order valence-electron chi connectivity index (χ4n) is 6.27. The van der Waals surface area contributed by atoms with E-state index in [2.05, 4.69) is 13.8 Å². The highest BCUT2D eigenvalue weighted by Crippen LogP contribution is 2.64. The lowest BCUT2D eigenvalue weighted by Crippen LogP contribution is -2.56. The van der Waals surface area contributed by atoms with Crippen LogP contribution in [0, 0.1) is 23.2 Å². The van der Waals surface area contributed by atoms with Crippen LogP contribution in [0.15, 0.2) is 34.6 Å². The van der Waals surface area contributed by atoms with Gasteiger partial charge in [0.05, 0.1) is 12.5 Å². The molecule has 0 radical (unpaired) electrons. The van der Waals surface area contributed by atoms with Crippen molar-refractivity contribution in [2.75, 3.05) is 7.11 Å². The van der Waals surface area contributed by atoms with Crippen molar-refractivity contribution in [2.24, 2.45) is 23.2 Å². The average molecular weight is 413 g/mol. The number of cyclic esters (lactones) is 1. The molecule has 5 aliphatic rings. The number of carbonyl (C=O) groups is 3. The number of hydrogen-bond donors (Lipinski definition) is 0. The van der Waals surface area contributed by atoms with Gasteiger partial charge in [0.2, 0.25) is 0 Å². The van der Waals surface area contributed by atoms with Gasteiger partial charge in [-0.25, -0.2) is 9.59 Å². The second-order valence-corrected chi connectivity index (χ2v) is 9.09. The number of hydrogen-bond acceptors (Lipinski definition) is 5. The van der Waals surface area contributed by atoms with Crippen LogP contribution in [0.4, 0.5) is 0 Å². The van der Waals surface area contributed by atoms with Gasteiger partial charge in [-0.3, -0.25) is 4.79 Å². The summed E-state index contributed by atoms with van der Waals surface area (Å²) in [5, 5.41) is 0. The summed E-state index contributed by atoms with van der Waals surface area (Å²) in [5.41, 5.74) is 1.16. The van der Waals surface area contributed by atoms with Gasteiger partial charge in [0, 0.05) is 29.1 Å². The number of methoxy groups -OCH3 is 1. The molecule has 0 saturated heterocycles. The van der Waals surface area contributed by atoms with Crippen molar-refractivity contribution in [3.05, 3.63) is 34.6 Å². The summed E-state index contributed by atoms with van der Waals surface area (Å²) in [4.78, 5) is 39.6. The van der Waals surface area contributed by atoms with Crippen molar-refractivity contribution < 1.29 is 23.9 Å². The van der Waals surface area contributed by atoms with Crippen molar-refractivity contribution in [1.29, 1.82) is 0 Å². The Labute approximate surface area is 178 Å². The maximum Gasteiger partial charge on any atom is 0.340 e. The smallest absolute Gasteiger partial charge is 0.340 e. The van der Waals surface area contributed by atoms with Crippen molar-refractivity contribution in [1.82, 2.24) is 0 Å². The quantitative estimate of drug-likeness (QED) is 0.561. The highest BCUT2D eigenvalue weighted by molar-refractivity contribution is 6.04. The van der Waals surface area contributed by atoms with Crippen LogP contribution in [0.1, 0.15) is 71.6 Å². The van der Waals surface area contributed by atoms with Gasteiger partial charge in [0.1, 0.15) is 11.5 Å². The molecule has 1 fully saturated rings. The highest BCUT2D eigenvalue weighted by Gasteiger charge is 2.63. The van der Waals surface area contributed by atoms with E-state index in [4.69, 9.17) is 9.47 Å². The zero-order valence-electron chi connectivity index (χ0n) is 18.3. The first kappa shape index (κ1) is 21.1. The Morgan fingerprint density at radius 3 is 2.77 bits per heavy atom. The standard InChI is InChI=1S/C25H32O5/c1-4-6-8-19-17-11-10-16-15-12-13-25(20(26)9-7-5-2,18(14-15)23(27)29-3)22(16)21(17)24(28)30-19/h8,14-16,22H,4-7,9-13H2,1-3H3. The van der Waals surface area contributed by atoms with Crippen molar-refractivity contribution in [3.63, 3.8) is 0 Å². The molecule has 0 spiro atoms. The van der Waals surface area contributed by atoms with Gasteiger partial charge in [-0.05, 0) is 56.4 Å². The normalized spacial score (nSPS) is 33.2. The summed E-state index contributed by atoms with van der Waals surface area (Å²) in [5.74, 6) is 0.150. The number of carbonyl (C=O) groups excluding carboxylic acids is 3. The first-order valence-electron chi connectivity index (χ1n) is 11.5. The van der Waals surface area contributed by atoms with Crippen molar-refractivity contribution in [3.8, 4) is 0 Å². The number of Topliss-reactive ketones (excluding diaryl/α,β-unsaturated/α-hetero) is 1. The number of allylic oxidation sites excluding steroid dienone is 3. The van der Waals surface area contributed by atoms with Gasteiger partial charge < -0.3 is 9.47 Å². The predicted molar refractivity (Wildman–Crippen MR) is 112 cm³/mol. The molecule has 5 rings (SSSR count). The molecular weight excluding hydrogens is 380 g/mol. The summed E-state index contributed by atoms with van der Waals surface area (Å²) >= 11 is 0. The zero-order valence-corrected chi connectivity index (χ0v) is 18.3. The molecule has 2 bridgehead atoms. The van der Waals surface area contributed by atoms with E-state index in [1.54, 1.807) is 0 Å². The molecule has 0 aromatic rings. The molecule has 1 saturated carbocycles. The van der Waals surface area contributed by atoms with Crippen LogP contribution in [-0.4, -0.2) is 24.8 Å². The molecule has 5 heteroatoms. The van der Waals surface area contributed by atoms with E-state index >= 15 is 0 Å². The predicted octanol–water partition coefficient (Wildman–Crippen LogP) is 4.82. The first-order chi connectivity index (χ1) is 14.5. The zero-order chi connectivity index (χ0) is 21.5. The minimum atomic E-state index is -0.956. The molecule has 0 N–H and O–H groups in total. The molecule has 0 aromatic heterocycles. The van der Waals surface area contributed by atoms with E-state index < -0.39 is 11.4 Å². The number of rotatable bonds is 7. The topological polar surface area (TPSA) is 69.7 Å². The third kappa shape index (κ3) is 3.00. The molecule has 30 heavy (non-hydrogen) atoms. The van der Waals surface area contributed by atoms with Gasteiger partial charge >= 0.3 is 11.9 Å². The van der Waals surface area contributed by atoms with E-state index in [-0.39, 0.29) is 29.5 Å². The first-order valence-corrected chi connectivity index (χ1v) is 11.5. The summed E-state index contributed by atoms with van der Waals surface area (Å²) in [6.07, 6.45) is 11.2. The van der Waals surface area contributed by atoms with Gasteiger partial charge in [0.15, 0.2) is 0 Å². The van der Waals surface area contributed by atoms with Crippen LogP contribution in [0.2, 0.25) is 0 Å². The number of esters is 2. The van der Waals surface area contributed by atoms with Crippen LogP contribution in [0.3, 0.4) is 0 Å². The van der Waals surface area contributed by atoms with Crippen LogP contribution < -0.4 is 0 Å². The van der Waals surface area contributed by atoms with Crippen molar-refractivity contribution >= 4 is 17.7 Å². The van der Waals surface area contributed by atoms with E-state index in [1.165, 1.54) is 7.11 Å². The lowest BCUT2D eigenvalue weighted by molar-refractivity contribution is -0.147. The number of unbranched alkanes of at least 4 members (excludes halogenated alkanes) is 2. The van der Waals surface area contributed by atoms with Crippen LogP contribution >= 0.6 is 0 Å². The molecule has 0 amide bonds. The largest absolute Gasteiger partial charge is 0.466 e. The van der Waals surface area contributed by atoms with Gasteiger partial charge in [0.25, 0.3) is 0 Å². The van der Waals surface area contributed by atoms with Crippen LogP contribution in [-0.2, 0) is 23.9 Å². The van der Waals surface area contributed by atoms with Gasteiger partial charge in [-0.15, -0.1) is 0 Å². The van der Waals surface area contributed by atoms with Crippen LogP contribution in [0.5, 0.6) is 0 Å². The molecular formula is C25H32O5. The van der Waals surface area contributed by atoms with E-state index in [0.29, 0.717) is 29.7 Å². The summed E-state index contributed by atoms with van der Waals surface area (Å²) in [6, 6.07) is 0. The summed E-state index contributed by atoms with van der Waals surface area (Å²) < 4.78 is 10.8. The highest BCUT2D eigenvalue weighted by atomic mass is 16.5. The average Bonchev–Trinajstić information content (AvgIpc) is 3.11. The van der Waals surface area contributed by atoms with E-state index in [9.17, 15) is 14.4 Å². The monoisotopic (exact) mass is 412 g/mol. The Kier molecular flexibility index (Phi) is 5.73. The number of fused-ring (bicyclic) bond motifs is 1. The molecule has 4 aliphatic carbocycles. The maximum atomic E-state index is 13.7. The van der Waals surface area contributed by atoms with E-state index in [1.807, 2.05) is 12.2 Å². The molecule has 0 aromatic carbocycles. The summed E-state index contributed by atoms with van der Waals surface area (Å²) in [6.45, 7) is 4.15. The third-order valence-corrected chi connectivity index (χ3v) is 7.60. The SMILES string of the molecule is CCCC=C1OC(=O)C2=C1CCC1C3C=C(C(=O)OC)C(C(=O)CCCC)(CC3)C21. The minimum Gasteiger partial charge on any atom is -0.466 e. The lowest BCUT2D eigenvalue weighted by atomic mass is 9.45. The Morgan fingerprint density at radius 2 is 2.07 bits per heavy atom. The second-order valence-electron chi connectivity index (χ2n) is 9.09. The van der Waals surface area contributed by atoms with Crippen molar-refractivity contribution in [2.45, 2.75) is 71.6 Å². The molecule has 5 nitrogen and oxygen atoms in total. The third-order valence-electron chi connectivity index (χ3n) is 7.60. The molecule has 1 heterocycles. The van der Waals surface area contributed by atoms with E-state index in [0.717, 1.165) is 50.5 Å². The fourth-order valence-corrected chi connectivity index (χ4v) is 6.27. The molecule has 4 unspecified atom stereocenters. The Hall–Kier alpha value is -2.17. The number of ether oxygens (including phenoxy) is 2. The lowest BCUT2D eigenvalue weighted by Gasteiger charge is -2.55. The van der Waals surface area contributed by atoms with Crippen LogP contribution in [0.25, 0.3) is 0 Å². The molecule has 162 valence electrons. The minimum absolute atomic E-state index is 0.0849.